The van der Waals surface area contributed by atoms with Crippen molar-refractivity contribution in [2.24, 2.45) is 5.92 Å². The minimum absolute atomic E-state index is 0.0186. The summed E-state index contributed by atoms with van der Waals surface area (Å²) in [5.41, 5.74) is 3.40. The van der Waals surface area contributed by atoms with E-state index in [0.29, 0.717) is 11.7 Å². The largest absolute Gasteiger partial charge is 0.309 e. The molecule has 1 aliphatic rings. The molecule has 0 fully saturated rings. The Labute approximate surface area is 182 Å². The van der Waals surface area contributed by atoms with Crippen molar-refractivity contribution in [3.8, 4) is 5.69 Å². The Bertz CT molecular complexity index is 1290. The zero-order valence-corrected chi connectivity index (χ0v) is 18.8. The number of aromatic amines is 1. The Morgan fingerprint density at radius 2 is 2.17 bits per heavy atom. The molecule has 30 heavy (non-hydrogen) atoms. The molecule has 5 rings (SSSR count). The van der Waals surface area contributed by atoms with Crippen LogP contribution in [0.1, 0.15) is 47.3 Å². The van der Waals surface area contributed by atoms with Gasteiger partial charge in [-0.25, -0.2) is 4.98 Å². The summed E-state index contributed by atoms with van der Waals surface area (Å²) in [4.78, 5) is 23.0. The Hall–Kier alpha value is -2.45. The molecule has 0 radical (unpaired) electrons. The van der Waals surface area contributed by atoms with E-state index in [9.17, 15) is 4.79 Å². The molecule has 2 atom stereocenters. The van der Waals surface area contributed by atoms with Gasteiger partial charge in [0.2, 0.25) is 0 Å². The highest BCUT2D eigenvalue weighted by atomic mass is 32.2. The van der Waals surface area contributed by atoms with Crippen LogP contribution in [0.4, 0.5) is 0 Å². The topological polar surface area (TPSA) is 76.5 Å². The molecular weight excluding hydrogens is 414 g/mol. The average molecular weight is 438 g/mol. The molecule has 1 N–H and O–H groups in total. The summed E-state index contributed by atoms with van der Waals surface area (Å²) in [5.74, 6) is 1.36. The van der Waals surface area contributed by atoms with Gasteiger partial charge in [-0.05, 0) is 56.2 Å². The fourth-order valence-corrected chi connectivity index (χ4v) is 6.36. The lowest BCUT2D eigenvalue weighted by molar-refractivity contribution is 0.509. The number of aryl methyl sites for hydroxylation is 2. The standard InChI is InChI=1S/C22H23N5OS2/c1-12-8-9-15-17(10-12)30-21-18(15)20(28)24-19(25-21)14(3)29-22-26-23-11-27(22)16-7-5-4-6-13(16)2/h4-7,11-12,14H,8-10H2,1-3H3,(H,24,25,28). The molecule has 0 spiro atoms. The van der Waals surface area contributed by atoms with Crippen molar-refractivity contribution in [1.82, 2.24) is 24.7 Å². The van der Waals surface area contributed by atoms with Crippen LogP contribution in [0.25, 0.3) is 15.9 Å². The Kier molecular flexibility index (Phi) is 4.99. The normalized spacial score (nSPS) is 17.2. The van der Waals surface area contributed by atoms with Gasteiger partial charge >= 0.3 is 0 Å². The molecule has 8 heteroatoms. The maximum atomic E-state index is 12.9. The number of thioether (sulfide) groups is 1. The number of thiophene rings is 1. The fourth-order valence-electron chi connectivity index (χ4n) is 4.08. The number of para-hydroxylation sites is 1. The van der Waals surface area contributed by atoms with E-state index in [2.05, 4.69) is 41.2 Å². The summed E-state index contributed by atoms with van der Waals surface area (Å²) in [5, 5.41) is 9.92. The van der Waals surface area contributed by atoms with Crippen molar-refractivity contribution >= 4 is 33.3 Å². The second-order valence-electron chi connectivity index (χ2n) is 8.01. The molecule has 1 aliphatic carbocycles. The predicted molar refractivity (Wildman–Crippen MR) is 122 cm³/mol. The van der Waals surface area contributed by atoms with Gasteiger partial charge < -0.3 is 4.98 Å². The maximum Gasteiger partial charge on any atom is 0.259 e. The SMILES string of the molecule is Cc1ccccc1-n1cnnc1SC(C)c1nc2sc3c(c2c(=O)[nH]1)CCC(C)C3. The number of benzene rings is 1. The van der Waals surface area contributed by atoms with Crippen molar-refractivity contribution in [1.29, 1.82) is 0 Å². The molecule has 0 saturated carbocycles. The van der Waals surface area contributed by atoms with E-state index in [1.165, 1.54) is 10.4 Å². The van der Waals surface area contributed by atoms with Gasteiger partial charge in [0.15, 0.2) is 5.16 Å². The minimum atomic E-state index is -0.0629. The maximum absolute atomic E-state index is 12.9. The summed E-state index contributed by atoms with van der Waals surface area (Å²) in [6.45, 7) is 6.39. The highest BCUT2D eigenvalue weighted by Gasteiger charge is 2.24. The second kappa shape index (κ2) is 7.67. The first kappa shape index (κ1) is 19.5. The van der Waals surface area contributed by atoms with Crippen LogP contribution in [0.2, 0.25) is 0 Å². The van der Waals surface area contributed by atoms with Crippen LogP contribution in [0.15, 0.2) is 40.5 Å². The molecule has 1 aromatic carbocycles. The number of rotatable bonds is 4. The zero-order chi connectivity index (χ0) is 20.8. The van der Waals surface area contributed by atoms with Crippen LogP contribution in [0.5, 0.6) is 0 Å². The quantitative estimate of drug-likeness (QED) is 0.462. The Morgan fingerprint density at radius 3 is 3.00 bits per heavy atom. The van der Waals surface area contributed by atoms with Gasteiger partial charge in [-0.15, -0.1) is 21.5 Å². The molecule has 4 aromatic rings. The molecule has 0 amide bonds. The van der Waals surface area contributed by atoms with Crippen molar-refractivity contribution in [3.63, 3.8) is 0 Å². The number of hydrogen-bond acceptors (Lipinski definition) is 6. The van der Waals surface area contributed by atoms with Crippen molar-refractivity contribution < 1.29 is 0 Å². The molecule has 0 saturated heterocycles. The van der Waals surface area contributed by atoms with Crippen molar-refractivity contribution in [2.45, 2.75) is 50.4 Å². The lowest BCUT2D eigenvalue weighted by Crippen LogP contribution is -2.15. The average Bonchev–Trinajstić information content (AvgIpc) is 3.32. The first-order valence-corrected chi connectivity index (χ1v) is 11.9. The fraction of sp³-hybridized carbons (Fsp3) is 0.364. The smallest absolute Gasteiger partial charge is 0.259 e. The third-order valence-corrected chi connectivity index (χ3v) is 7.96. The van der Waals surface area contributed by atoms with Crippen molar-refractivity contribution in [2.75, 3.05) is 0 Å². The molecule has 6 nitrogen and oxygen atoms in total. The summed E-state index contributed by atoms with van der Waals surface area (Å²) in [6, 6.07) is 8.15. The van der Waals surface area contributed by atoms with Crippen molar-refractivity contribution in [3.05, 3.63) is 62.8 Å². The number of fused-ring (bicyclic) bond motifs is 3. The summed E-state index contributed by atoms with van der Waals surface area (Å²) < 4.78 is 1.98. The molecular formula is C22H23N5OS2. The first-order chi connectivity index (χ1) is 14.5. The molecule has 0 bridgehead atoms. The van der Waals surface area contributed by atoms with Crippen LogP contribution in [0.3, 0.4) is 0 Å². The Morgan fingerprint density at radius 1 is 1.33 bits per heavy atom. The zero-order valence-electron chi connectivity index (χ0n) is 17.2. The summed E-state index contributed by atoms with van der Waals surface area (Å²) >= 11 is 3.23. The number of hydrogen-bond donors (Lipinski definition) is 1. The molecule has 154 valence electrons. The monoisotopic (exact) mass is 437 g/mol. The summed E-state index contributed by atoms with van der Waals surface area (Å²) in [6.07, 6.45) is 4.89. The van der Waals surface area contributed by atoms with Gasteiger partial charge in [-0.1, -0.05) is 36.9 Å². The van der Waals surface area contributed by atoms with E-state index in [0.717, 1.165) is 45.9 Å². The second-order valence-corrected chi connectivity index (χ2v) is 10.4. The van der Waals surface area contributed by atoms with Crippen LogP contribution in [-0.4, -0.2) is 24.7 Å². The van der Waals surface area contributed by atoms with E-state index in [-0.39, 0.29) is 10.8 Å². The van der Waals surface area contributed by atoms with Gasteiger partial charge in [0.05, 0.1) is 16.3 Å². The van der Waals surface area contributed by atoms with Gasteiger partial charge in [0, 0.05) is 4.88 Å². The third kappa shape index (κ3) is 3.37. The molecule has 3 aromatic heterocycles. The van der Waals surface area contributed by atoms with E-state index >= 15 is 0 Å². The van der Waals surface area contributed by atoms with E-state index in [1.807, 2.05) is 23.6 Å². The Balaban J connectivity index is 1.48. The van der Waals surface area contributed by atoms with Crippen LogP contribution >= 0.6 is 23.1 Å². The van der Waals surface area contributed by atoms with E-state index < -0.39 is 0 Å². The number of nitrogens with one attached hydrogen (secondary N) is 1. The number of H-pyrrole nitrogens is 1. The van der Waals surface area contributed by atoms with Gasteiger partial charge in [-0.3, -0.25) is 9.36 Å². The van der Waals surface area contributed by atoms with E-state index in [1.54, 1.807) is 29.4 Å². The predicted octanol–water partition coefficient (Wildman–Crippen LogP) is 4.85. The summed E-state index contributed by atoms with van der Waals surface area (Å²) in [7, 11) is 0. The van der Waals surface area contributed by atoms with Gasteiger partial charge in [0.1, 0.15) is 17.0 Å². The number of nitrogens with zero attached hydrogens (tertiary/aromatic N) is 4. The highest BCUT2D eigenvalue weighted by molar-refractivity contribution is 7.99. The van der Waals surface area contributed by atoms with Crippen LogP contribution < -0.4 is 5.56 Å². The number of aromatic nitrogens is 5. The van der Waals surface area contributed by atoms with Gasteiger partial charge in [-0.2, -0.15) is 0 Å². The van der Waals surface area contributed by atoms with Gasteiger partial charge in [0.25, 0.3) is 5.56 Å². The molecule has 3 heterocycles. The highest BCUT2D eigenvalue weighted by Crippen LogP contribution is 2.38. The van der Waals surface area contributed by atoms with Crippen LogP contribution in [0, 0.1) is 12.8 Å². The third-order valence-electron chi connectivity index (χ3n) is 5.74. The van der Waals surface area contributed by atoms with E-state index in [4.69, 9.17) is 4.98 Å². The molecule has 2 unspecified atom stereocenters. The minimum Gasteiger partial charge on any atom is -0.309 e. The first-order valence-electron chi connectivity index (χ1n) is 10.2. The molecule has 0 aliphatic heterocycles. The lowest BCUT2D eigenvalue weighted by atomic mass is 9.89. The lowest BCUT2D eigenvalue weighted by Gasteiger charge is -2.17. The van der Waals surface area contributed by atoms with Crippen LogP contribution in [-0.2, 0) is 12.8 Å².